The maximum absolute atomic E-state index is 13.0. The van der Waals surface area contributed by atoms with Crippen LogP contribution in [0.5, 0.6) is 0 Å². The van der Waals surface area contributed by atoms with E-state index in [9.17, 15) is 14.7 Å². The lowest BCUT2D eigenvalue weighted by Gasteiger charge is -2.31. The molecule has 0 aromatic heterocycles. The van der Waals surface area contributed by atoms with Crippen molar-refractivity contribution in [3.63, 3.8) is 0 Å². The van der Waals surface area contributed by atoms with Crippen LogP contribution in [0.3, 0.4) is 0 Å². The van der Waals surface area contributed by atoms with Gasteiger partial charge in [-0.2, -0.15) is 0 Å². The predicted molar refractivity (Wildman–Crippen MR) is 119 cm³/mol. The van der Waals surface area contributed by atoms with Gasteiger partial charge < -0.3 is 14.7 Å². The Morgan fingerprint density at radius 2 is 1.71 bits per heavy atom. The van der Waals surface area contributed by atoms with E-state index in [0.29, 0.717) is 47.5 Å². The normalized spacial score (nSPS) is 21.6. The van der Waals surface area contributed by atoms with E-state index in [4.69, 9.17) is 27.9 Å². The monoisotopic (exact) mass is 460 g/mol. The Hall–Kier alpha value is -2.38. The molecule has 0 radical (unpaired) electrons. The summed E-state index contributed by atoms with van der Waals surface area (Å²) in [4.78, 5) is 29.7. The number of benzene rings is 2. The van der Waals surface area contributed by atoms with E-state index in [-0.39, 0.29) is 11.3 Å². The van der Waals surface area contributed by atoms with Crippen LogP contribution >= 0.6 is 23.2 Å². The van der Waals surface area contributed by atoms with Gasteiger partial charge in [0, 0.05) is 31.7 Å². The molecule has 2 saturated heterocycles. The first-order valence-electron chi connectivity index (χ1n) is 10.1. The van der Waals surface area contributed by atoms with Crippen LogP contribution in [0, 0.1) is 0 Å². The summed E-state index contributed by atoms with van der Waals surface area (Å²) in [6, 6.07) is 13.0. The molecule has 2 heterocycles. The van der Waals surface area contributed by atoms with Crippen LogP contribution in [0.4, 0.5) is 0 Å². The number of aliphatic hydroxyl groups excluding tert-OH is 1. The van der Waals surface area contributed by atoms with E-state index in [2.05, 4.69) is 4.90 Å². The third kappa shape index (κ3) is 4.48. The van der Waals surface area contributed by atoms with Crippen molar-refractivity contribution in [2.45, 2.75) is 6.04 Å². The van der Waals surface area contributed by atoms with Crippen LogP contribution in [0.15, 0.2) is 54.1 Å². The lowest BCUT2D eigenvalue weighted by molar-refractivity contribution is -0.140. The number of halogens is 2. The SMILES string of the molecule is O=C1C(=O)N(CCN2CCOCC2)C(c2ccc(Cl)c(Cl)c2)/C1=C(/O)c1ccccc1. The van der Waals surface area contributed by atoms with Gasteiger partial charge in [-0.3, -0.25) is 14.5 Å². The lowest BCUT2D eigenvalue weighted by atomic mass is 9.95. The molecule has 4 rings (SSSR count). The molecular weight excluding hydrogens is 439 g/mol. The van der Waals surface area contributed by atoms with Crippen LogP contribution in [0.2, 0.25) is 10.0 Å². The van der Waals surface area contributed by atoms with Gasteiger partial charge >= 0.3 is 0 Å². The highest BCUT2D eigenvalue weighted by atomic mass is 35.5. The second-order valence-electron chi connectivity index (χ2n) is 7.49. The zero-order chi connectivity index (χ0) is 22.0. The van der Waals surface area contributed by atoms with Crippen LogP contribution in [-0.4, -0.2) is 66.0 Å². The lowest BCUT2D eigenvalue weighted by Crippen LogP contribution is -2.42. The predicted octanol–water partition coefficient (Wildman–Crippen LogP) is 3.75. The molecule has 0 saturated carbocycles. The van der Waals surface area contributed by atoms with Gasteiger partial charge in [0.25, 0.3) is 11.7 Å². The number of rotatable bonds is 5. The van der Waals surface area contributed by atoms with Crippen molar-refractivity contribution in [3.05, 3.63) is 75.3 Å². The summed E-state index contributed by atoms with van der Waals surface area (Å²) in [5, 5.41) is 11.7. The van der Waals surface area contributed by atoms with Crippen molar-refractivity contribution in [1.29, 1.82) is 0 Å². The number of carbonyl (C=O) groups is 2. The highest BCUT2D eigenvalue weighted by molar-refractivity contribution is 6.46. The minimum Gasteiger partial charge on any atom is -0.507 e. The number of Topliss-reactive ketones (excluding diaryl/α,β-unsaturated/α-hetero) is 1. The Morgan fingerprint density at radius 1 is 1.00 bits per heavy atom. The van der Waals surface area contributed by atoms with E-state index < -0.39 is 17.7 Å². The van der Waals surface area contributed by atoms with Gasteiger partial charge in [-0.05, 0) is 17.7 Å². The van der Waals surface area contributed by atoms with E-state index in [1.165, 1.54) is 4.90 Å². The minimum absolute atomic E-state index is 0.0524. The molecule has 0 bridgehead atoms. The molecule has 162 valence electrons. The second-order valence-corrected chi connectivity index (χ2v) is 8.30. The van der Waals surface area contributed by atoms with E-state index in [1.54, 1.807) is 42.5 Å². The Bertz CT molecular complexity index is 1020. The smallest absolute Gasteiger partial charge is 0.295 e. The number of amides is 1. The van der Waals surface area contributed by atoms with Crippen molar-refractivity contribution in [2.24, 2.45) is 0 Å². The van der Waals surface area contributed by atoms with Crippen LogP contribution in [0.25, 0.3) is 5.76 Å². The molecule has 2 aliphatic rings. The third-order valence-corrected chi connectivity index (χ3v) is 6.35. The molecule has 1 N–H and O–H groups in total. The average molecular weight is 461 g/mol. The minimum atomic E-state index is -0.754. The van der Waals surface area contributed by atoms with Gasteiger partial charge in [-0.15, -0.1) is 0 Å². The topological polar surface area (TPSA) is 70.1 Å². The molecule has 8 heteroatoms. The highest BCUT2D eigenvalue weighted by Crippen LogP contribution is 2.40. The van der Waals surface area contributed by atoms with E-state index >= 15 is 0 Å². The van der Waals surface area contributed by atoms with Crippen molar-refractivity contribution >= 4 is 40.7 Å². The molecule has 2 aliphatic heterocycles. The first-order chi connectivity index (χ1) is 15.0. The van der Waals surface area contributed by atoms with E-state index in [0.717, 1.165) is 13.1 Å². The first kappa shape index (κ1) is 21.8. The van der Waals surface area contributed by atoms with Gasteiger partial charge in [0.1, 0.15) is 5.76 Å². The Kier molecular flexibility index (Phi) is 6.62. The summed E-state index contributed by atoms with van der Waals surface area (Å²) < 4.78 is 5.38. The van der Waals surface area contributed by atoms with Crippen molar-refractivity contribution in [3.8, 4) is 0 Å². The van der Waals surface area contributed by atoms with Crippen molar-refractivity contribution in [1.82, 2.24) is 9.80 Å². The number of carbonyl (C=O) groups excluding carboxylic acids is 2. The zero-order valence-corrected chi connectivity index (χ0v) is 18.3. The number of hydrogen-bond acceptors (Lipinski definition) is 5. The van der Waals surface area contributed by atoms with E-state index in [1.807, 2.05) is 6.07 Å². The standard InChI is InChI=1S/C23H22Cl2N2O4/c24-17-7-6-16(14-18(17)25)20-19(21(28)15-4-2-1-3-5-15)22(29)23(30)27(20)9-8-26-10-12-31-13-11-26/h1-7,14,20,28H,8-13H2/b21-19-. The summed E-state index contributed by atoms with van der Waals surface area (Å²) in [5.74, 6) is -1.55. The number of morpholine rings is 1. The fraction of sp³-hybridized carbons (Fsp3) is 0.304. The fourth-order valence-corrected chi connectivity index (χ4v) is 4.27. The quantitative estimate of drug-likeness (QED) is 0.418. The van der Waals surface area contributed by atoms with Crippen LogP contribution in [-0.2, 0) is 14.3 Å². The van der Waals surface area contributed by atoms with Crippen molar-refractivity contribution in [2.75, 3.05) is 39.4 Å². The number of ketones is 1. The largest absolute Gasteiger partial charge is 0.507 e. The molecule has 1 amide bonds. The van der Waals surface area contributed by atoms with Crippen LogP contribution < -0.4 is 0 Å². The summed E-state index contributed by atoms with van der Waals surface area (Å²) >= 11 is 12.3. The number of hydrogen-bond donors (Lipinski definition) is 1. The summed E-state index contributed by atoms with van der Waals surface area (Å²) in [6.45, 7) is 3.75. The Morgan fingerprint density at radius 3 is 2.39 bits per heavy atom. The molecule has 2 fully saturated rings. The second kappa shape index (κ2) is 9.40. The van der Waals surface area contributed by atoms with Crippen molar-refractivity contribution < 1.29 is 19.4 Å². The molecular formula is C23H22Cl2N2O4. The Labute approximate surface area is 190 Å². The summed E-state index contributed by atoms with van der Waals surface area (Å²) in [6.07, 6.45) is 0. The molecule has 6 nitrogen and oxygen atoms in total. The molecule has 0 spiro atoms. The average Bonchev–Trinajstić information content (AvgIpc) is 3.05. The number of aliphatic hydroxyl groups is 1. The molecule has 1 unspecified atom stereocenters. The third-order valence-electron chi connectivity index (χ3n) is 5.61. The maximum atomic E-state index is 13.0. The van der Waals surface area contributed by atoms with Gasteiger partial charge in [-0.25, -0.2) is 0 Å². The molecule has 2 aromatic rings. The Balaban J connectivity index is 1.75. The molecule has 31 heavy (non-hydrogen) atoms. The number of likely N-dealkylation sites (tertiary alicyclic amines) is 1. The fourth-order valence-electron chi connectivity index (χ4n) is 3.97. The van der Waals surface area contributed by atoms with Gasteiger partial charge in [0.2, 0.25) is 0 Å². The number of ether oxygens (including phenoxy) is 1. The molecule has 0 aliphatic carbocycles. The molecule has 2 aromatic carbocycles. The van der Waals surface area contributed by atoms with Gasteiger partial charge in [-0.1, -0.05) is 59.6 Å². The summed E-state index contributed by atoms with van der Waals surface area (Å²) in [5.41, 5.74) is 1.14. The summed E-state index contributed by atoms with van der Waals surface area (Å²) in [7, 11) is 0. The van der Waals surface area contributed by atoms with Crippen LogP contribution in [0.1, 0.15) is 17.2 Å². The maximum Gasteiger partial charge on any atom is 0.295 e. The molecule has 1 atom stereocenters. The highest BCUT2D eigenvalue weighted by Gasteiger charge is 2.46. The number of nitrogens with zero attached hydrogens (tertiary/aromatic N) is 2. The van der Waals surface area contributed by atoms with Gasteiger partial charge in [0.05, 0.1) is 34.9 Å². The first-order valence-corrected chi connectivity index (χ1v) is 10.8. The zero-order valence-electron chi connectivity index (χ0n) is 16.8. The van der Waals surface area contributed by atoms with Gasteiger partial charge in [0.15, 0.2) is 0 Å².